The lowest BCUT2D eigenvalue weighted by Crippen LogP contribution is -1.98. The van der Waals surface area contributed by atoms with Crippen molar-refractivity contribution in [3.8, 4) is 22.8 Å². The Labute approximate surface area is 242 Å². The molecule has 0 aliphatic rings. The highest BCUT2D eigenvalue weighted by molar-refractivity contribution is 6.29. The van der Waals surface area contributed by atoms with Crippen LogP contribution in [-0.2, 0) is 0 Å². The van der Waals surface area contributed by atoms with Crippen molar-refractivity contribution in [2.75, 3.05) is 0 Å². The van der Waals surface area contributed by atoms with E-state index in [1.54, 1.807) is 0 Å². The van der Waals surface area contributed by atoms with Gasteiger partial charge in [-0.25, -0.2) is 4.98 Å². The molecule has 0 saturated heterocycles. The molecule has 6 aromatic carbocycles. The van der Waals surface area contributed by atoms with E-state index in [2.05, 4.69) is 155 Å². The van der Waals surface area contributed by atoms with Gasteiger partial charge in [0.2, 0.25) is 0 Å². The van der Waals surface area contributed by atoms with Crippen LogP contribution in [0.3, 0.4) is 0 Å². The summed E-state index contributed by atoms with van der Waals surface area (Å²) in [6.45, 7) is 0. The van der Waals surface area contributed by atoms with E-state index < -0.39 is 0 Å². The first kappa shape index (κ1) is 23.1. The van der Waals surface area contributed by atoms with Crippen molar-refractivity contribution in [2.45, 2.75) is 0 Å². The lowest BCUT2D eigenvalue weighted by atomic mass is 9.99. The number of rotatable bonds is 3. The van der Waals surface area contributed by atoms with E-state index in [1.165, 1.54) is 49.0 Å². The van der Waals surface area contributed by atoms with Crippen LogP contribution in [-0.4, -0.2) is 14.1 Å². The number of fused-ring (bicyclic) bond motifs is 9. The number of aromatic nitrogens is 3. The Morgan fingerprint density at radius 1 is 0.357 bits per heavy atom. The van der Waals surface area contributed by atoms with Crippen molar-refractivity contribution in [2.24, 2.45) is 0 Å². The van der Waals surface area contributed by atoms with Crippen LogP contribution in [0.2, 0.25) is 0 Å². The van der Waals surface area contributed by atoms with Crippen LogP contribution in [0.4, 0.5) is 0 Å². The van der Waals surface area contributed by atoms with Gasteiger partial charge in [0.15, 0.2) is 0 Å². The molecule has 0 unspecified atom stereocenters. The Morgan fingerprint density at radius 2 is 0.905 bits per heavy atom. The lowest BCUT2D eigenvalue weighted by Gasteiger charge is -2.10. The Hall–Kier alpha value is -5.67. The van der Waals surface area contributed by atoms with Crippen molar-refractivity contribution in [3.05, 3.63) is 152 Å². The van der Waals surface area contributed by atoms with Gasteiger partial charge in [-0.05, 0) is 59.3 Å². The fraction of sp³-hybridized carbons (Fsp3) is 0. The van der Waals surface area contributed by atoms with E-state index >= 15 is 0 Å². The zero-order chi connectivity index (χ0) is 27.6. The van der Waals surface area contributed by atoms with Crippen LogP contribution in [0.1, 0.15) is 0 Å². The topological polar surface area (TPSA) is 22.8 Å². The summed E-state index contributed by atoms with van der Waals surface area (Å²) in [5, 5.41) is 7.56. The number of benzene rings is 6. The largest absolute Gasteiger partial charge is 0.309 e. The summed E-state index contributed by atoms with van der Waals surface area (Å²) in [4.78, 5) is 5.15. The van der Waals surface area contributed by atoms with Gasteiger partial charge in [-0.2, -0.15) is 0 Å². The van der Waals surface area contributed by atoms with Crippen molar-refractivity contribution < 1.29 is 0 Å². The fourth-order valence-electron chi connectivity index (χ4n) is 6.76. The first-order valence-electron chi connectivity index (χ1n) is 14.3. The van der Waals surface area contributed by atoms with Gasteiger partial charge in [-0.15, -0.1) is 0 Å². The van der Waals surface area contributed by atoms with Gasteiger partial charge in [0.1, 0.15) is 5.82 Å². The van der Waals surface area contributed by atoms with Crippen LogP contribution in [0.5, 0.6) is 0 Å². The summed E-state index contributed by atoms with van der Waals surface area (Å²) in [6.07, 6.45) is 0. The molecule has 0 aliphatic carbocycles. The molecule has 9 aromatic rings. The minimum atomic E-state index is 0.920. The average Bonchev–Trinajstić information content (AvgIpc) is 3.59. The maximum atomic E-state index is 5.15. The van der Waals surface area contributed by atoms with Crippen molar-refractivity contribution in [1.82, 2.24) is 14.1 Å². The molecule has 3 aromatic heterocycles. The summed E-state index contributed by atoms with van der Waals surface area (Å²) >= 11 is 0. The van der Waals surface area contributed by atoms with E-state index in [9.17, 15) is 0 Å². The molecule has 3 heterocycles. The molecule has 0 aliphatic heterocycles. The molecule has 0 fully saturated rings. The van der Waals surface area contributed by atoms with Crippen molar-refractivity contribution in [1.29, 1.82) is 0 Å². The number of hydrogen-bond acceptors (Lipinski definition) is 1. The predicted molar refractivity (Wildman–Crippen MR) is 176 cm³/mol. The lowest BCUT2D eigenvalue weighted by molar-refractivity contribution is 1.08. The molecule has 0 N–H and O–H groups in total. The zero-order valence-corrected chi connectivity index (χ0v) is 22.8. The highest BCUT2D eigenvalue weighted by Crippen LogP contribution is 2.42. The van der Waals surface area contributed by atoms with E-state index in [0.717, 1.165) is 28.1 Å². The van der Waals surface area contributed by atoms with E-state index in [-0.39, 0.29) is 0 Å². The molecular weight excluding hydrogens is 510 g/mol. The van der Waals surface area contributed by atoms with Gasteiger partial charge < -0.3 is 4.57 Å². The van der Waals surface area contributed by atoms with E-state index in [0.29, 0.717) is 0 Å². The van der Waals surface area contributed by atoms with Crippen LogP contribution >= 0.6 is 0 Å². The second kappa shape index (κ2) is 8.92. The molecule has 0 spiro atoms. The quantitative estimate of drug-likeness (QED) is 0.221. The van der Waals surface area contributed by atoms with Crippen LogP contribution in [0.25, 0.3) is 77.1 Å². The average molecular weight is 536 g/mol. The second-order valence-electron chi connectivity index (χ2n) is 10.8. The molecule has 3 heteroatoms. The number of hydrogen-bond donors (Lipinski definition) is 0. The predicted octanol–water partition coefficient (Wildman–Crippen LogP) is 10.1. The summed E-state index contributed by atoms with van der Waals surface area (Å²) in [5.74, 6) is 0.920. The smallest absolute Gasteiger partial charge is 0.138 e. The van der Waals surface area contributed by atoms with Crippen molar-refractivity contribution >= 4 is 54.4 Å². The number of nitrogens with zero attached hydrogens (tertiary/aromatic N) is 3. The van der Waals surface area contributed by atoms with Crippen molar-refractivity contribution in [3.63, 3.8) is 0 Å². The van der Waals surface area contributed by atoms with Gasteiger partial charge in [-0.1, -0.05) is 103 Å². The van der Waals surface area contributed by atoms with Gasteiger partial charge in [0.05, 0.1) is 27.8 Å². The summed E-state index contributed by atoms with van der Waals surface area (Å²) in [6, 6.07) is 54.0. The van der Waals surface area contributed by atoms with Gasteiger partial charge in [0, 0.05) is 32.8 Å². The molecule has 0 radical (unpaired) electrons. The third-order valence-electron chi connectivity index (χ3n) is 8.51. The minimum absolute atomic E-state index is 0.920. The van der Waals surface area contributed by atoms with E-state index in [4.69, 9.17) is 4.98 Å². The zero-order valence-electron chi connectivity index (χ0n) is 22.8. The monoisotopic (exact) mass is 535 g/mol. The van der Waals surface area contributed by atoms with Gasteiger partial charge >= 0.3 is 0 Å². The Kier molecular flexibility index (Phi) is 4.90. The molecule has 196 valence electrons. The SMILES string of the molecule is c1ccc(-c2cccc(-n3c4ccccc4c4c5ccc6c(c5ccc43)c3ccccc3n6-c3ccccc3)n2)cc1. The Balaban J connectivity index is 1.38. The Morgan fingerprint density at radius 3 is 1.57 bits per heavy atom. The summed E-state index contributed by atoms with van der Waals surface area (Å²) < 4.78 is 4.70. The first-order chi connectivity index (χ1) is 20.9. The molecule has 0 amide bonds. The first-order valence-corrected chi connectivity index (χ1v) is 14.3. The van der Waals surface area contributed by atoms with Crippen LogP contribution in [0.15, 0.2) is 152 Å². The van der Waals surface area contributed by atoms with Crippen LogP contribution in [0, 0.1) is 0 Å². The number of pyridine rings is 1. The normalized spacial score (nSPS) is 11.8. The number of para-hydroxylation sites is 3. The maximum Gasteiger partial charge on any atom is 0.138 e. The van der Waals surface area contributed by atoms with Gasteiger partial charge in [0.25, 0.3) is 0 Å². The fourth-order valence-corrected chi connectivity index (χ4v) is 6.76. The molecule has 0 bridgehead atoms. The summed E-state index contributed by atoms with van der Waals surface area (Å²) in [7, 11) is 0. The van der Waals surface area contributed by atoms with Crippen LogP contribution < -0.4 is 0 Å². The van der Waals surface area contributed by atoms with Gasteiger partial charge in [-0.3, -0.25) is 4.57 Å². The highest BCUT2D eigenvalue weighted by Gasteiger charge is 2.19. The summed E-state index contributed by atoms with van der Waals surface area (Å²) in [5.41, 5.74) is 8.01. The third kappa shape index (κ3) is 3.25. The standard InChI is InChI=1S/C39H25N3/c1-3-12-26(13-4-1)32-18-11-21-37(40-32)42-34-20-10-8-17-31(34)39-29-22-24-35-38(28(29)23-25-36(39)42)30-16-7-9-19-33(30)41(35)27-14-5-2-6-15-27/h1-25H. The molecule has 0 saturated carbocycles. The molecule has 42 heavy (non-hydrogen) atoms. The molecular formula is C39H25N3. The minimum Gasteiger partial charge on any atom is -0.309 e. The molecule has 9 rings (SSSR count). The second-order valence-corrected chi connectivity index (χ2v) is 10.8. The molecule has 3 nitrogen and oxygen atoms in total. The highest BCUT2D eigenvalue weighted by atomic mass is 15.1. The maximum absolute atomic E-state index is 5.15. The van der Waals surface area contributed by atoms with E-state index in [1.807, 2.05) is 6.07 Å². The molecule has 0 atom stereocenters. The third-order valence-corrected chi connectivity index (χ3v) is 8.51. The Bertz CT molecular complexity index is 2450.